The van der Waals surface area contributed by atoms with E-state index >= 15 is 0 Å². The number of hydrogen-bond donors (Lipinski definition) is 2. The predicted octanol–water partition coefficient (Wildman–Crippen LogP) is 5.05. The lowest BCUT2D eigenvalue weighted by molar-refractivity contribution is -0.165. The molecule has 0 saturated carbocycles. The van der Waals surface area contributed by atoms with Gasteiger partial charge in [-0.3, -0.25) is 0 Å². The fourth-order valence-corrected chi connectivity index (χ4v) is 3.88. The van der Waals surface area contributed by atoms with Crippen molar-refractivity contribution < 1.29 is 17.6 Å². The van der Waals surface area contributed by atoms with Crippen LogP contribution < -0.4 is 10.9 Å². The van der Waals surface area contributed by atoms with E-state index in [-0.39, 0.29) is 16.7 Å². The first kappa shape index (κ1) is 22.0. The van der Waals surface area contributed by atoms with Gasteiger partial charge in [0.15, 0.2) is 8.32 Å². The van der Waals surface area contributed by atoms with Crippen LogP contribution in [0, 0.1) is 11.8 Å². The lowest BCUT2D eigenvalue weighted by Crippen LogP contribution is -2.43. The van der Waals surface area contributed by atoms with Gasteiger partial charge in [-0.25, -0.2) is 10.9 Å². The number of rotatable bonds is 5. The average molecular weight is 399 g/mol. The molecule has 0 radical (unpaired) electrons. The Bertz CT molecular complexity index is 708. The first-order valence-corrected chi connectivity index (χ1v) is 12.1. The van der Waals surface area contributed by atoms with Crippen LogP contribution >= 0.6 is 0 Å². The molecule has 1 atom stereocenters. The summed E-state index contributed by atoms with van der Waals surface area (Å²) in [5.74, 6) is 6.16. The quantitative estimate of drug-likeness (QED) is 0.414. The van der Waals surface area contributed by atoms with Crippen molar-refractivity contribution in [3.05, 3.63) is 35.4 Å². The highest BCUT2D eigenvalue weighted by molar-refractivity contribution is 6.74. The Morgan fingerprint density at radius 1 is 1.11 bits per heavy atom. The van der Waals surface area contributed by atoms with Crippen LogP contribution in [0.1, 0.15) is 51.7 Å². The highest BCUT2D eigenvalue weighted by Crippen LogP contribution is 2.42. The van der Waals surface area contributed by atoms with Crippen LogP contribution in [0.15, 0.2) is 24.3 Å². The molecule has 7 heteroatoms. The third-order valence-corrected chi connectivity index (χ3v) is 9.94. The first-order chi connectivity index (χ1) is 12.3. The maximum absolute atomic E-state index is 13.1. The van der Waals surface area contributed by atoms with Crippen molar-refractivity contribution in [3.8, 4) is 11.8 Å². The third-order valence-electron chi connectivity index (χ3n) is 5.40. The molecule has 0 spiro atoms. The zero-order valence-electron chi connectivity index (χ0n) is 16.8. The number of nitrogens with one attached hydrogen (secondary N) is 2. The lowest BCUT2D eigenvalue weighted by atomic mass is 10.0. The molecule has 0 aliphatic carbocycles. The van der Waals surface area contributed by atoms with Gasteiger partial charge in [-0.1, -0.05) is 51.7 Å². The normalized spacial score (nSPS) is 17.8. The van der Waals surface area contributed by atoms with Crippen molar-refractivity contribution in [2.45, 2.75) is 76.6 Å². The minimum absolute atomic E-state index is 0.0750. The number of hydrazine groups is 1. The zero-order chi connectivity index (χ0) is 20.5. The van der Waals surface area contributed by atoms with E-state index in [4.69, 9.17) is 4.43 Å². The summed E-state index contributed by atoms with van der Waals surface area (Å²) < 4.78 is 45.6. The minimum Gasteiger partial charge on any atom is -0.413 e. The standard InChI is InChI=1S/C20H29F3N2OSi/c1-7-17(26-27(5,6)18(2,3)4)10-8-9-15-11-13-16(14-12-15)19(24-25-19)20(21,22)23/h11-14,17,24-25H,7,10H2,1-6H3/t17-/m1/s1. The summed E-state index contributed by atoms with van der Waals surface area (Å²) in [5, 5.41) is 0.142. The van der Waals surface area contributed by atoms with E-state index in [1.54, 1.807) is 12.1 Å². The van der Waals surface area contributed by atoms with Crippen molar-refractivity contribution in [1.82, 2.24) is 10.9 Å². The molecule has 1 aliphatic rings. The Balaban J connectivity index is 2.01. The fourth-order valence-electron chi connectivity index (χ4n) is 2.45. The highest BCUT2D eigenvalue weighted by atomic mass is 28.4. The molecule has 2 rings (SSSR count). The molecule has 150 valence electrons. The van der Waals surface area contributed by atoms with E-state index in [2.05, 4.69) is 63.5 Å². The van der Waals surface area contributed by atoms with Crippen LogP contribution in [0.5, 0.6) is 0 Å². The van der Waals surface area contributed by atoms with Gasteiger partial charge < -0.3 is 4.43 Å². The minimum atomic E-state index is -4.39. The molecule has 1 saturated heterocycles. The summed E-state index contributed by atoms with van der Waals surface area (Å²) >= 11 is 0. The van der Waals surface area contributed by atoms with E-state index < -0.39 is 20.2 Å². The van der Waals surface area contributed by atoms with E-state index in [0.717, 1.165) is 6.42 Å². The van der Waals surface area contributed by atoms with Gasteiger partial charge in [0.25, 0.3) is 0 Å². The summed E-state index contributed by atoms with van der Waals surface area (Å²) in [4.78, 5) is 0. The topological polar surface area (TPSA) is 53.1 Å². The van der Waals surface area contributed by atoms with Crippen molar-refractivity contribution in [1.29, 1.82) is 0 Å². The van der Waals surface area contributed by atoms with Crippen molar-refractivity contribution in [3.63, 3.8) is 0 Å². The summed E-state index contributed by atoms with van der Waals surface area (Å²) in [7, 11) is -1.85. The van der Waals surface area contributed by atoms with E-state index in [1.807, 2.05) is 0 Å². The molecular weight excluding hydrogens is 369 g/mol. The van der Waals surface area contributed by atoms with Crippen molar-refractivity contribution in [2.75, 3.05) is 0 Å². The second-order valence-electron chi connectivity index (χ2n) is 8.49. The van der Waals surface area contributed by atoms with Crippen LogP contribution in [0.2, 0.25) is 18.1 Å². The van der Waals surface area contributed by atoms with Gasteiger partial charge in [0.1, 0.15) is 0 Å². The van der Waals surface area contributed by atoms with Gasteiger partial charge in [-0.15, -0.1) is 0 Å². The maximum atomic E-state index is 13.1. The molecule has 27 heavy (non-hydrogen) atoms. The molecule has 0 unspecified atom stereocenters. The summed E-state index contributed by atoms with van der Waals surface area (Å²) in [5.41, 5.74) is 3.10. The molecule has 3 nitrogen and oxygen atoms in total. The molecule has 2 N–H and O–H groups in total. The number of benzene rings is 1. The van der Waals surface area contributed by atoms with E-state index in [9.17, 15) is 13.2 Å². The SMILES string of the molecule is CC[C@H](CC#Cc1ccc(C2(C(F)(F)F)NN2)cc1)O[Si](C)(C)C(C)(C)C. The molecule has 1 aromatic rings. The Morgan fingerprint density at radius 2 is 1.67 bits per heavy atom. The van der Waals surface area contributed by atoms with Crippen molar-refractivity contribution >= 4 is 8.32 Å². The molecule has 1 heterocycles. The fraction of sp³-hybridized carbons (Fsp3) is 0.600. The van der Waals surface area contributed by atoms with Gasteiger partial charge in [0.2, 0.25) is 5.66 Å². The summed E-state index contributed by atoms with van der Waals surface area (Å²) in [6.45, 7) is 13.1. The molecule has 1 aliphatic heterocycles. The van der Waals surface area contributed by atoms with Crippen LogP contribution in [-0.4, -0.2) is 20.6 Å². The lowest BCUT2D eigenvalue weighted by Gasteiger charge is -2.38. The maximum Gasteiger partial charge on any atom is 0.426 e. The molecule has 0 aromatic heterocycles. The van der Waals surface area contributed by atoms with Crippen molar-refractivity contribution in [2.24, 2.45) is 0 Å². The van der Waals surface area contributed by atoms with E-state index in [1.165, 1.54) is 12.1 Å². The number of hydrogen-bond acceptors (Lipinski definition) is 3. The summed E-state index contributed by atoms with van der Waals surface area (Å²) in [6.07, 6.45) is -2.83. The Labute approximate surface area is 161 Å². The Kier molecular flexibility index (Phi) is 6.17. The third kappa shape index (κ3) is 4.94. The van der Waals surface area contributed by atoms with Crippen LogP contribution in [0.3, 0.4) is 0 Å². The highest BCUT2D eigenvalue weighted by Gasteiger charge is 2.65. The van der Waals surface area contributed by atoms with E-state index in [0.29, 0.717) is 12.0 Å². The first-order valence-electron chi connectivity index (χ1n) is 9.21. The van der Waals surface area contributed by atoms with Gasteiger partial charge in [-0.2, -0.15) is 13.2 Å². The van der Waals surface area contributed by atoms with Crippen LogP contribution in [0.4, 0.5) is 13.2 Å². The molecule has 1 aromatic carbocycles. The second kappa shape index (κ2) is 7.59. The predicted molar refractivity (Wildman–Crippen MR) is 104 cm³/mol. The summed E-state index contributed by atoms with van der Waals surface area (Å²) in [6, 6.07) is 6.14. The largest absolute Gasteiger partial charge is 0.426 e. The van der Waals surface area contributed by atoms with Gasteiger partial charge in [0.05, 0.1) is 6.10 Å². The van der Waals surface area contributed by atoms with Gasteiger partial charge >= 0.3 is 6.18 Å². The molecule has 0 amide bonds. The molecular formula is C20H29F3N2OSi. The molecule has 1 fully saturated rings. The zero-order valence-corrected chi connectivity index (χ0v) is 17.8. The smallest absolute Gasteiger partial charge is 0.413 e. The Morgan fingerprint density at radius 3 is 2.07 bits per heavy atom. The Hall–Kier alpha value is -1.33. The number of alkyl halides is 3. The monoisotopic (exact) mass is 398 g/mol. The van der Waals surface area contributed by atoms with Gasteiger partial charge in [-0.05, 0) is 42.2 Å². The second-order valence-corrected chi connectivity index (χ2v) is 13.2. The molecule has 0 bridgehead atoms. The van der Waals surface area contributed by atoms with Gasteiger partial charge in [0, 0.05) is 12.0 Å². The van der Waals surface area contributed by atoms with Crippen LogP contribution in [-0.2, 0) is 10.1 Å². The number of halogens is 3. The average Bonchev–Trinajstić information content (AvgIpc) is 3.35. The van der Waals surface area contributed by atoms with Crippen LogP contribution in [0.25, 0.3) is 0 Å².